The normalized spacial score (nSPS) is 32.1. The van der Waals surface area contributed by atoms with Crippen LogP contribution in [-0.2, 0) is 0 Å². The van der Waals surface area contributed by atoms with Crippen LogP contribution in [0.15, 0.2) is 0 Å². The fourth-order valence-electron chi connectivity index (χ4n) is 5.16. The van der Waals surface area contributed by atoms with Gasteiger partial charge in [0.25, 0.3) is 0 Å². The first-order valence-corrected chi connectivity index (χ1v) is 10.4. The Labute approximate surface area is 151 Å². The minimum atomic E-state index is 0.692. The van der Waals surface area contributed by atoms with Gasteiger partial charge in [-0.2, -0.15) is 0 Å². The maximum Gasteiger partial charge on any atom is 0.0121 e. The SMILES string of the molecule is CC(C)C1CC(CC(C)C2CCCN2CCC(C)N(C)C)CN1C. The van der Waals surface area contributed by atoms with Crippen molar-refractivity contribution in [3.63, 3.8) is 0 Å². The van der Waals surface area contributed by atoms with E-state index in [1.54, 1.807) is 0 Å². The molecule has 3 nitrogen and oxygen atoms in total. The van der Waals surface area contributed by atoms with E-state index in [4.69, 9.17) is 0 Å². The quantitative estimate of drug-likeness (QED) is 0.667. The molecule has 0 spiro atoms. The number of nitrogens with zero attached hydrogens (tertiary/aromatic N) is 3. The van der Waals surface area contributed by atoms with E-state index in [2.05, 4.69) is 63.5 Å². The van der Waals surface area contributed by atoms with Crippen LogP contribution in [0.3, 0.4) is 0 Å². The molecule has 0 amide bonds. The molecule has 0 N–H and O–H groups in total. The fourth-order valence-corrected chi connectivity index (χ4v) is 5.16. The van der Waals surface area contributed by atoms with Crippen LogP contribution >= 0.6 is 0 Å². The second kappa shape index (κ2) is 9.00. The van der Waals surface area contributed by atoms with Crippen molar-refractivity contribution in [2.45, 2.75) is 77.9 Å². The molecular weight excluding hydrogens is 294 g/mol. The van der Waals surface area contributed by atoms with E-state index in [9.17, 15) is 0 Å². The molecule has 2 fully saturated rings. The van der Waals surface area contributed by atoms with Gasteiger partial charge in [-0.15, -0.1) is 0 Å². The second-order valence-corrected chi connectivity index (χ2v) is 9.41. The smallest absolute Gasteiger partial charge is 0.0121 e. The third kappa shape index (κ3) is 5.19. The van der Waals surface area contributed by atoms with Crippen LogP contribution in [0, 0.1) is 17.8 Å². The van der Waals surface area contributed by atoms with Gasteiger partial charge in [0.2, 0.25) is 0 Å². The van der Waals surface area contributed by atoms with E-state index < -0.39 is 0 Å². The van der Waals surface area contributed by atoms with Crippen molar-refractivity contribution in [2.24, 2.45) is 17.8 Å². The minimum absolute atomic E-state index is 0.692. The van der Waals surface area contributed by atoms with Gasteiger partial charge in [0.1, 0.15) is 0 Å². The highest BCUT2D eigenvalue weighted by Gasteiger charge is 2.35. The lowest BCUT2D eigenvalue weighted by molar-refractivity contribution is 0.160. The van der Waals surface area contributed by atoms with Crippen molar-refractivity contribution >= 4 is 0 Å². The van der Waals surface area contributed by atoms with E-state index in [1.807, 2.05) is 0 Å². The van der Waals surface area contributed by atoms with E-state index in [1.165, 1.54) is 51.7 Å². The van der Waals surface area contributed by atoms with Crippen LogP contribution in [-0.4, -0.2) is 73.6 Å². The van der Waals surface area contributed by atoms with Gasteiger partial charge in [-0.05, 0) is 91.0 Å². The Morgan fingerprint density at radius 3 is 2.38 bits per heavy atom. The van der Waals surface area contributed by atoms with Crippen molar-refractivity contribution in [3.8, 4) is 0 Å². The second-order valence-electron chi connectivity index (χ2n) is 9.41. The minimum Gasteiger partial charge on any atom is -0.307 e. The van der Waals surface area contributed by atoms with Crippen LogP contribution in [0.1, 0.15) is 59.8 Å². The lowest BCUT2D eigenvalue weighted by atomic mass is 9.86. The molecule has 0 aliphatic carbocycles. The highest BCUT2D eigenvalue weighted by molar-refractivity contribution is 4.90. The van der Waals surface area contributed by atoms with Gasteiger partial charge in [0.15, 0.2) is 0 Å². The lowest BCUT2D eigenvalue weighted by Gasteiger charge is -2.32. The van der Waals surface area contributed by atoms with Gasteiger partial charge in [0, 0.05) is 24.7 Å². The van der Waals surface area contributed by atoms with Gasteiger partial charge in [-0.25, -0.2) is 0 Å². The maximum atomic E-state index is 2.81. The highest BCUT2D eigenvalue weighted by Crippen LogP contribution is 2.34. The van der Waals surface area contributed by atoms with Gasteiger partial charge in [-0.1, -0.05) is 20.8 Å². The molecule has 0 aromatic heterocycles. The van der Waals surface area contributed by atoms with Gasteiger partial charge in [0.05, 0.1) is 0 Å². The number of hydrogen-bond acceptors (Lipinski definition) is 3. The molecule has 2 saturated heterocycles. The molecule has 5 unspecified atom stereocenters. The van der Waals surface area contributed by atoms with Crippen molar-refractivity contribution < 1.29 is 0 Å². The van der Waals surface area contributed by atoms with E-state index >= 15 is 0 Å². The summed E-state index contributed by atoms with van der Waals surface area (Å²) in [5.41, 5.74) is 0. The molecule has 142 valence electrons. The summed E-state index contributed by atoms with van der Waals surface area (Å²) < 4.78 is 0. The average molecular weight is 338 g/mol. The van der Waals surface area contributed by atoms with Crippen LogP contribution in [0.25, 0.3) is 0 Å². The molecule has 0 aromatic carbocycles. The van der Waals surface area contributed by atoms with Gasteiger partial charge >= 0.3 is 0 Å². The Bertz CT molecular complexity index is 368. The Kier molecular flexibility index (Phi) is 7.58. The zero-order valence-corrected chi connectivity index (χ0v) is 17.5. The highest BCUT2D eigenvalue weighted by atomic mass is 15.2. The predicted molar refractivity (Wildman–Crippen MR) is 106 cm³/mol. The molecule has 0 bridgehead atoms. The summed E-state index contributed by atoms with van der Waals surface area (Å²) in [6, 6.07) is 2.34. The molecule has 2 rings (SSSR count). The van der Waals surface area contributed by atoms with Crippen LogP contribution < -0.4 is 0 Å². The molecule has 2 aliphatic heterocycles. The lowest BCUT2D eigenvalue weighted by Crippen LogP contribution is -2.38. The Hall–Kier alpha value is -0.120. The van der Waals surface area contributed by atoms with E-state index in [0.29, 0.717) is 6.04 Å². The van der Waals surface area contributed by atoms with Gasteiger partial charge < -0.3 is 14.7 Å². The van der Waals surface area contributed by atoms with Crippen molar-refractivity contribution in [3.05, 3.63) is 0 Å². The van der Waals surface area contributed by atoms with E-state index in [0.717, 1.165) is 29.8 Å². The van der Waals surface area contributed by atoms with E-state index in [-0.39, 0.29) is 0 Å². The third-order valence-corrected chi connectivity index (χ3v) is 6.95. The molecular formula is C21H43N3. The zero-order valence-electron chi connectivity index (χ0n) is 17.5. The number of likely N-dealkylation sites (tertiary alicyclic amines) is 2. The predicted octanol–water partition coefficient (Wildman–Crippen LogP) is 3.79. The maximum absolute atomic E-state index is 2.81. The first kappa shape index (κ1) is 20.2. The van der Waals surface area contributed by atoms with Gasteiger partial charge in [-0.3, -0.25) is 0 Å². The first-order valence-electron chi connectivity index (χ1n) is 10.4. The summed E-state index contributed by atoms with van der Waals surface area (Å²) in [6.45, 7) is 13.6. The standard InChI is InChI=1S/C21H43N3/c1-16(2)21-14-19(15-23(21)7)13-17(3)20-9-8-11-24(20)12-10-18(4)22(5)6/h16-21H,8-15H2,1-7H3. The Morgan fingerprint density at radius 1 is 1.08 bits per heavy atom. The van der Waals surface area contributed by atoms with Crippen molar-refractivity contribution in [1.29, 1.82) is 0 Å². The summed E-state index contributed by atoms with van der Waals surface area (Å²) in [6.07, 6.45) is 6.98. The fraction of sp³-hybridized carbons (Fsp3) is 1.00. The number of rotatable bonds is 8. The number of hydrogen-bond donors (Lipinski definition) is 0. The molecule has 3 heteroatoms. The van der Waals surface area contributed by atoms with Crippen molar-refractivity contribution in [1.82, 2.24) is 14.7 Å². The molecule has 5 atom stereocenters. The van der Waals surface area contributed by atoms with Crippen LogP contribution in [0.4, 0.5) is 0 Å². The molecule has 0 saturated carbocycles. The average Bonchev–Trinajstić information content (AvgIpc) is 3.10. The van der Waals surface area contributed by atoms with Crippen LogP contribution in [0.5, 0.6) is 0 Å². The monoisotopic (exact) mass is 337 g/mol. The topological polar surface area (TPSA) is 9.72 Å². The molecule has 24 heavy (non-hydrogen) atoms. The summed E-state index contributed by atoms with van der Waals surface area (Å²) >= 11 is 0. The first-order chi connectivity index (χ1) is 11.3. The summed E-state index contributed by atoms with van der Waals surface area (Å²) in [4.78, 5) is 7.78. The third-order valence-electron chi connectivity index (χ3n) is 6.95. The largest absolute Gasteiger partial charge is 0.307 e. The van der Waals surface area contributed by atoms with Crippen LogP contribution in [0.2, 0.25) is 0 Å². The molecule has 0 aromatic rings. The molecule has 0 radical (unpaired) electrons. The summed E-state index contributed by atoms with van der Waals surface area (Å²) in [5.74, 6) is 2.57. The Balaban J connectivity index is 1.81. The Morgan fingerprint density at radius 2 is 1.79 bits per heavy atom. The summed E-state index contributed by atoms with van der Waals surface area (Å²) in [7, 11) is 6.74. The molecule has 2 heterocycles. The zero-order chi connectivity index (χ0) is 17.9. The summed E-state index contributed by atoms with van der Waals surface area (Å²) in [5, 5.41) is 0. The van der Waals surface area contributed by atoms with Crippen molar-refractivity contribution in [2.75, 3.05) is 40.8 Å². The molecule has 2 aliphatic rings.